The summed E-state index contributed by atoms with van der Waals surface area (Å²) in [5.74, 6) is 1.77. The highest BCUT2D eigenvalue weighted by Gasteiger charge is 2.23. The third-order valence-corrected chi connectivity index (χ3v) is 5.74. The Balaban J connectivity index is 1.30. The second kappa shape index (κ2) is 10.1. The molecule has 1 aromatic heterocycles. The molecule has 1 atom stereocenters. The third-order valence-electron chi connectivity index (χ3n) is 5.74. The summed E-state index contributed by atoms with van der Waals surface area (Å²) in [6.07, 6.45) is 5.41. The first-order chi connectivity index (χ1) is 15.2. The molecule has 1 aliphatic rings. The highest BCUT2D eigenvalue weighted by Crippen LogP contribution is 2.35. The number of amides is 1. The minimum atomic E-state index is 0.0669. The van der Waals surface area contributed by atoms with Gasteiger partial charge in [0.1, 0.15) is 12.4 Å². The number of ether oxygens (including phenoxy) is 2. The van der Waals surface area contributed by atoms with Crippen molar-refractivity contribution in [2.75, 3.05) is 7.11 Å². The molecule has 1 aliphatic carbocycles. The molecule has 0 saturated heterocycles. The van der Waals surface area contributed by atoms with E-state index in [1.807, 2.05) is 48.5 Å². The Morgan fingerprint density at radius 2 is 1.97 bits per heavy atom. The van der Waals surface area contributed by atoms with Gasteiger partial charge in [-0.1, -0.05) is 36.4 Å². The van der Waals surface area contributed by atoms with E-state index >= 15 is 0 Å². The molecule has 0 fully saturated rings. The van der Waals surface area contributed by atoms with Crippen LogP contribution in [0.2, 0.25) is 0 Å². The monoisotopic (exact) mass is 416 g/mol. The number of rotatable bonds is 8. The molecule has 1 heterocycles. The summed E-state index contributed by atoms with van der Waals surface area (Å²) in [6.45, 7) is 0.931. The van der Waals surface area contributed by atoms with Gasteiger partial charge < -0.3 is 14.8 Å². The van der Waals surface area contributed by atoms with Crippen LogP contribution in [-0.2, 0) is 24.4 Å². The standard InChI is InChI=1S/C26H28N2O3/c1-30-23-10-11-24-21(15-23)8-5-9-22(24)16-25(29)28-17-20-12-13-27-26(14-20)31-18-19-6-3-2-4-7-19/h2-4,6-7,10-15,22H,5,8-9,16-18H2,1H3,(H,28,29). The summed E-state index contributed by atoms with van der Waals surface area (Å²) >= 11 is 0. The van der Waals surface area contributed by atoms with Gasteiger partial charge in [-0.2, -0.15) is 0 Å². The van der Waals surface area contributed by atoms with Crippen molar-refractivity contribution < 1.29 is 14.3 Å². The molecular weight excluding hydrogens is 388 g/mol. The fourth-order valence-corrected chi connectivity index (χ4v) is 4.10. The largest absolute Gasteiger partial charge is 0.497 e. The van der Waals surface area contributed by atoms with Crippen LogP contribution in [-0.4, -0.2) is 18.0 Å². The Kier molecular flexibility index (Phi) is 6.82. The lowest BCUT2D eigenvalue weighted by atomic mass is 9.81. The van der Waals surface area contributed by atoms with Gasteiger partial charge in [0.05, 0.1) is 7.11 Å². The molecule has 1 N–H and O–H groups in total. The van der Waals surface area contributed by atoms with Gasteiger partial charge in [-0.3, -0.25) is 4.79 Å². The minimum absolute atomic E-state index is 0.0669. The highest BCUT2D eigenvalue weighted by atomic mass is 16.5. The molecular formula is C26H28N2O3. The first-order valence-electron chi connectivity index (χ1n) is 10.8. The van der Waals surface area contributed by atoms with Crippen LogP contribution in [0.3, 0.4) is 0 Å². The van der Waals surface area contributed by atoms with Crippen molar-refractivity contribution in [3.63, 3.8) is 0 Å². The lowest BCUT2D eigenvalue weighted by Crippen LogP contribution is -2.25. The molecule has 5 heteroatoms. The molecule has 0 bridgehead atoms. The van der Waals surface area contributed by atoms with Crippen LogP contribution in [0, 0.1) is 0 Å². The Labute approximate surface area is 183 Å². The van der Waals surface area contributed by atoms with E-state index in [4.69, 9.17) is 9.47 Å². The Hall–Kier alpha value is -3.34. The van der Waals surface area contributed by atoms with Crippen LogP contribution in [0.5, 0.6) is 11.6 Å². The molecule has 4 rings (SSSR count). The van der Waals surface area contributed by atoms with Gasteiger partial charge in [-0.05, 0) is 65.6 Å². The molecule has 0 spiro atoms. The maximum atomic E-state index is 12.6. The van der Waals surface area contributed by atoms with Crippen LogP contribution < -0.4 is 14.8 Å². The molecule has 5 nitrogen and oxygen atoms in total. The Morgan fingerprint density at radius 3 is 2.81 bits per heavy atom. The smallest absolute Gasteiger partial charge is 0.220 e. The van der Waals surface area contributed by atoms with Crippen LogP contribution in [0.1, 0.15) is 47.4 Å². The second-order valence-electron chi connectivity index (χ2n) is 7.91. The van der Waals surface area contributed by atoms with E-state index in [1.165, 1.54) is 11.1 Å². The predicted octanol–water partition coefficient (Wildman–Crippen LogP) is 4.80. The highest BCUT2D eigenvalue weighted by molar-refractivity contribution is 5.77. The summed E-state index contributed by atoms with van der Waals surface area (Å²) < 4.78 is 11.1. The summed E-state index contributed by atoms with van der Waals surface area (Å²) in [5.41, 5.74) is 4.65. The summed E-state index contributed by atoms with van der Waals surface area (Å²) in [4.78, 5) is 16.9. The number of methoxy groups -OCH3 is 1. The fourth-order valence-electron chi connectivity index (χ4n) is 4.10. The van der Waals surface area contributed by atoms with Gasteiger partial charge in [-0.15, -0.1) is 0 Å². The molecule has 0 radical (unpaired) electrons. The van der Waals surface area contributed by atoms with Gasteiger partial charge in [0, 0.05) is 25.2 Å². The van der Waals surface area contributed by atoms with Gasteiger partial charge in [0.25, 0.3) is 0 Å². The number of hydrogen-bond acceptors (Lipinski definition) is 4. The second-order valence-corrected chi connectivity index (χ2v) is 7.91. The maximum Gasteiger partial charge on any atom is 0.220 e. The fraction of sp³-hybridized carbons (Fsp3) is 0.308. The Bertz CT molecular complexity index is 1020. The zero-order chi connectivity index (χ0) is 21.5. The van der Waals surface area contributed by atoms with Gasteiger partial charge >= 0.3 is 0 Å². The van der Waals surface area contributed by atoms with E-state index < -0.39 is 0 Å². The zero-order valence-corrected chi connectivity index (χ0v) is 17.8. The minimum Gasteiger partial charge on any atom is -0.497 e. The average molecular weight is 417 g/mol. The lowest BCUT2D eigenvalue weighted by Gasteiger charge is -2.25. The molecule has 1 unspecified atom stereocenters. The number of fused-ring (bicyclic) bond motifs is 1. The lowest BCUT2D eigenvalue weighted by molar-refractivity contribution is -0.121. The molecule has 0 saturated carbocycles. The molecule has 31 heavy (non-hydrogen) atoms. The summed E-state index contributed by atoms with van der Waals surface area (Å²) in [7, 11) is 1.69. The first kappa shape index (κ1) is 20.9. The van der Waals surface area contributed by atoms with E-state index in [9.17, 15) is 4.79 Å². The van der Waals surface area contributed by atoms with E-state index in [1.54, 1.807) is 13.3 Å². The predicted molar refractivity (Wildman–Crippen MR) is 120 cm³/mol. The number of carbonyl (C=O) groups excluding carboxylic acids is 1. The van der Waals surface area contributed by atoms with Crippen molar-refractivity contribution >= 4 is 5.91 Å². The van der Waals surface area contributed by atoms with Crippen LogP contribution >= 0.6 is 0 Å². The number of hydrogen-bond donors (Lipinski definition) is 1. The number of nitrogens with one attached hydrogen (secondary N) is 1. The molecule has 3 aromatic rings. The number of benzene rings is 2. The van der Waals surface area contributed by atoms with Crippen molar-refractivity contribution in [1.82, 2.24) is 10.3 Å². The van der Waals surface area contributed by atoms with Gasteiger partial charge in [0.2, 0.25) is 11.8 Å². The van der Waals surface area contributed by atoms with E-state index in [0.29, 0.717) is 25.5 Å². The van der Waals surface area contributed by atoms with Crippen molar-refractivity contribution in [1.29, 1.82) is 0 Å². The van der Waals surface area contributed by atoms with E-state index in [0.717, 1.165) is 36.1 Å². The van der Waals surface area contributed by atoms with E-state index in [-0.39, 0.29) is 11.8 Å². The Morgan fingerprint density at radius 1 is 1.10 bits per heavy atom. The number of carbonyl (C=O) groups is 1. The molecule has 160 valence electrons. The van der Waals surface area contributed by atoms with Crippen molar-refractivity contribution in [2.45, 2.75) is 44.8 Å². The summed E-state index contributed by atoms with van der Waals surface area (Å²) in [6, 6.07) is 20.0. The van der Waals surface area contributed by atoms with Crippen molar-refractivity contribution in [3.05, 3.63) is 89.1 Å². The number of aromatic nitrogens is 1. The number of aryl methyl sites for hydroxylation is 1. The van der Waals surface area contributed by atoms with Crippen LogP contribution in [0.15, 0.2) is 66.9 Å². The maximum absolute atomic E-state index is 12.6. The normalized spacial score (nSPS) is 15.1. The van der Waals surface area contributed by atoms with Crippen LogP contribution in [0.4, 0.5) is 0 Å². The summed E-state index contributed by atoms with van der Waals surface area (Å²) in [5, 5.41) is 3.05. The van der Waals surface area contributed by atoms with E-state index in [2.05, 4.69) is 22.4 Å². The third kappa shape index (κ3) is 5.63. The molecule has 0 aliphatic heterocycles. The van der Waals surface area contributed by atoms with Crippen molar-refractivity contribution in [2.24, 2.45) is 0 Å². The number of pyridine rings is 1. The average Bonchev–Trinajstić information content (AvgIpc) is 2.82. The van der Waals surface area contributed by atoms with Gasteiger partial charge in [0.15, 0.2) is 0 Å². The van der Waals surface area contributed by atoms with Gasteiger partial charge in [-0.25, -0.2) is 4.98 Å². The number of nitrogens with zero attached hydrogens (tertiary/aromatic N) is 1. The van der Waals surface area contributed by atoms with Crippen molar-refractivity contribution in [3.8, 4) is 11.6 Å². The SMILES string of the molecule is COc1ccc2c(c1)CCCC2CC(=O)NCc1ccnc(OCc2ccccc2)c1. The molecule has 2 aromatic carbocycles. The first-order valence-corrected chi connectivity index (χ1v) is 10.8. The topological polar surface area (TPSA) is 60.5 Å². The zero-order valence-electron chi connectivity index (χ0n) is 17.8. The quantitative estimate of drug-likeness (QED) is 0.573. The molecule has 1 amide bonds. The van der Waals surface area contributed by atoms with Crippen LogP contribution in [0.25, 0.3) is 0 Å².